The van der Waals surface area contributed by atoms with Crippen molar-refractivity contribution in [2.75, 3.05) is 19.8 Å². The summed E-state index contributed by atoms with van der Waals surface area (Å²) in [6.45, 7) is 6.22. The van der Waals surface area contributed by atoms with E-state index in [1.54, 1.807) is 12.2 Å². The first-order valence-electron chi connectivity index (χ1n) is 17.5. The van der Waals surface area contributed by atoms with Gasteiger partial charge < -0.3 is 34.2 Å². The van der Waals surface area contributed by atoms with Crippen LogP contribution in [0, 0.1) is 38.7 Å². The maximum atomic E-state index is 14.4. The van der Waals surface area contributed by atoms with E-state index in [9.17, 15) is 39.2 Å². The van der Waals surface area contributed by atoms with Gasteiger partial charge in [0.2, 0.25) is 11.7 Å². The molecule has 3 unspecified atom stereocenters. The van der Waals surface area contributed by atoms with Gasteiger partial charge in [-0.1, -0.05) is 38.8 Å². The number of hydrogen-bond acceptors (Lipinski definition) is 13. The molecule has 1 amide bonds. The standard InChI is InChI=1S/C35H48N2O13/c1-5-8-30-49-28-16-24-23-10-9-21-15-22(39)11-12-33(21,3)31(23)26(40)18-34(24,4)35(28,50-30)27(41)19-47-29(42)17-25(36-20(2)38)32(43)46-13-6-7-14-48-37(44)45/h11-12,15,23-26,28,30-31,40H,5-10,13-14,16-19H2,1-4H3,(H,36,38)/t23-,24-,25?,26-,28+,30?,31+,33-,34-,35?/m0/s1. The van der Waals surface area contributed by atoms with Gasteiger partial charge in [-0.3, -0.25) is 19.2 Å². The molecule has 1 heterocycles. The number of unbranched alkanes of at least 4 members (excludes halogenated alkanes) is 1. The number of Topliss-reactive ketones (excluding diaryl/α,β-unsaturated/α-hetero) is 1. The Morgan fingerprint density at radius 1 is 1.18 bits per heavy atom. The van der Waals surface area contributed by atoms with E-state index in [0.29, 0.717) is 19.3 Å². The van der Waals surface area contributed by atoms with Gasteiger partial charge in [0.1, 0.15) is 6.04 Å². The summed E-state index contributed by atoms with van der Waals surface area (Å²) >= 11 is 0. The summed E-state index contributed by atoms with van der Waals surface area (Å²) in [4.78, 5) is 78.6. The zero-order chi connectivity index (χ0) is 36.4. The summed E-state index contributed by atoms with van der Waals surface area (Å²) in [6, 6.07) is -1.38. The van der Waals surface area contributed by atoms with Crippen LogP contribution >= 0.6 is 0 Å². The largest absolute Gasteiger partial charge is 0.464 e. The summed E-state index contributed by atoms with van der Waals surface area (Å²) in [6.07, 6.45) is 6.50. The van der Waals surface area contributed by atoms with Crippen molar-refractivity contribution in [2.24, 2.45) is 28.6 Å². The number of hydrogen-bond donors (Lipinski definition) is 2. The third-order valence-corrected chi connectivity index (χ3v) is 11.6. The fraction of sp³-hybridized carbons (Fsp3) is 0.743. The van der Waals surface area contributed by atoms with E-state index >= 15 is 0 Å². The molecule has 15 heteroatoms. The van der Waals surface area contributed by atoms with Gasteiger partial charge in [-0.25, -0.2) is 4.79 Å². The van der Waals surface area contributed by atoms with Crippen molar-refractivity contribution in [3.8, 4) is 0 Å². The zero-order valence-corrected chi connectivity index (χ0v) is 29.1. The van der Waals surface area contributed by atoms with E-state index in [2.05, 4.69) is 17.1 Å². The molecule has 10 atom stereocenters. The Hall–Kier alpha value is -3.69. The molecule has 1 saturated heterocycles. The maximum Gasteiger partial charge on any atom is 0.329 e. The number of aliphatic hydroxyl groups is 1. The van der Waals surface area contributed by atoms with Gasteiger partial charge >= 0.3 is 11.9 Å². The molecule has 0 spiro atoms. The number of ketones is 2. The molecule has 2 N–H and O–H groups in total. The molecule has 5 aliphatic rings. The molecule has 3 saturated carbocycles. The average molecular weight is 705 g/mol. The van der Waals surface area contributed by atoms with Crippen molar-refractivity contribution in [3.05, 3.63) is 33.9 Å². The maximum absolute atomic E-state index is 14.4. The Morgan fingerprint density at radius 2 is 1.92 bits per heavy atom. The highest BCUT2D eigenvalue weighted by molar-refractivity contribution is 6.01. The van der Waals surface area contributed by atoms with Gasteiger partial charge in [0.05, 0.1) is 31.8 Å². The van der Waals surface area contributed by atoms with E-state index < -0.39 is 82.7 Å². The number of ether oxygens (including phenoxy) is 4. The molecule has 1 aliphatic heterocycles. The van der Waals surface area contributed by atoms with Crippen LogP contribution in [-0.4, -0.2) is 89.6 Å². The van der Waals surface area contributed by atoms with Crippen LogP contribution in [0.5, 0.6) is 0 Å². The minimum atomic E-state index is -1.49. The lowest BCUT2D eigenvalue weighted by atomic mass is 9.46. The molecule has 0 radical (unpaired) electrons. The van der Waals surface area contributed by atoms with E-state index in [-0.39, 0.29) is 56.0 Å². The van der Waals surface area contributed by atoms with Crippen molar-refractivity contribution in [1.82, 2.24) is 5.32 Å². The Kier molecular flexibility index (Phi) is 11.2. The Morgan fingerprint density at radius 3 is 2.62 bits per heavy atom. The highest BCUT2D eigenvalue weighted by atomic mass is 16.9. The van der Waals surface area contributed by atoms with Crippen molar-refractivity contribution in [3.63, 3.8) is 0 Å². The fourth-order valence-electron chi connectivity index (χ4n) is 9.54. The number of allylic oxidation sites excluding steroid dienone is 4. The molecule has 0 aromatic rings. The zero-order valence-electron chi connectivity index (χ0n) is 29.1. The number of aliphatic hydroxyl groups excluding tert-OH is 1. The normalized spacial score (nSPS) is 35.8. The fourth-order valence-corrected chi connectivity index (χ4v) is 9.54. The lowest BCUT2D eigenvalue weighted by Gasteiger charge is -2.59. The van der Waals surface area contributed by atoms with E-state index in [0.717, 1.165) is 18.4 Å². The summed E-state index contributed by atoms with van der Waals surface area (Å²) in [5, 5.41) is 23.6. The molecule has 276 valence electrons. The van der Waals surface area contributed by atoms with Crippen molar-refractivity contribution < 1.29 is 58.0 Å². The summed E-state index contributed by atoms with van der Waals surface area (Å²) < 4.78 is 23.6. The second kappa shape index (κ2) is 14.9. The summed E-state index contributed by atoms with van der Waals surface area (Å²) in [7, 11) is 0. The van der Waals surface area contributed by atoms with E-state index in [1.165, 1.54) is 6.92 Å². The molecule has 50 heavy (non-hydrogen) atoms. The van der Waals surface area contributed by atoms with Crippen LogP contribution in [0.3, 0.4) is 0 Å². The number of nitrogens with zero attached hydrogens (tertiary/aromatic N) is 1. The average Bonchev–Trinajstić information content (AvgIpc) is 3.52. The Labute approximate surface area is 290 Å². The number of rotatable bonds is 15. The molecule has 0 aromatic carbocycles. The highest BCUT2D eigenvalue weighted by Crippen LogP contribution is 2.69. The number of nitrogens with one attached hydrogen (secondary N) is 1. The first-order valence-corrected chi connectivity index (χ1v) is 17.5. The SMILES string of the molecule is CCCC1O[C@@H]2C[C@H]3[C@@H]4CCC5=CC(=O)C=C[C@]5(C)[C@H]4[C@@H](O)C[C@]3(C)C2(C(=O)COC(=O)CC(NC(C)=O)C(=O)OCCCCO[N+](=O)[O-])O1. The molecule has 4 aliphatic carbocycles. The van der Waals surface area contributed by atoms with Crippen molar-refractivity contribution >= 4 is 29.4 Å². The Balaban J connectivity index is 1.29. The molecule has 5 rings (SSSR count). The molecule has 15 nitrogen and oxygen atoms in total. The topological polar surface area (TPSA) is 207 Å². The minimum absolute atomic E-state index is 0.0171. The van der Waals surface area contributed by atoms with Gasteiger partial charge in [0, 0.05) is 23.7 Å². The van der Waals surface area contributed by atoms with E-state index in [4.69, 9.17) is 18.9 Å². The van der Waals surface area contributed by atoms with Crippen LogP contribution in [0.25, 0.3) is 0 Å². The molecular weight excluding hydrogens is 656 g/mol. The summed E-state index contributed by atoms with van der Waals surface area (Å²) in [5.41, 5.74) is -1.83. The van der Waals surface area contributed by atoms with Crippen LogP contribution in [0.4, 0.5) is 0 Å². The molecule has 0 aromatic heterocycles. The first kappa shape index (κ1) is 37.6. The second-order valence-electron chi connectivity index (χ2n) is 14.6. The number of esters is 2. The highest BCUT2D eigenvalue weighted by Gasteiger charge is 2.75. The lowest BCUT2D eigenvalue weighted by Crippen LogP contribution is -2.63. The molecular formula is C35H48N2O13. The van der Waals surface area contributed by atoms with Gasteiger partial charge in [0.25, 0.3) is 5.09 Å². The van der Waals surface area contributed by atoms with Crippen molar-refractivity contribution in [2.45, 2.75) is 116 Å². The van der Waals surface area contributed by atoms with Gasteiger partial charge in [-0.15, -0.1) is 10.1 Å². The summed E-state index contributed by atoms with van der Waals surface area (Å²) in [5.74, 6) is -3.17. The van der Waals surface area contributed by atoms with Crippen LogP contribution in [0.15, 0.2) is 23.8 Å². The third kappa shape index (κ3) is 6.96. The van der Waals surface area contributed by atoms with Crippen LogP contribution in [0.2, 0.25) is 0 Å². The number of carbonyl (C=O) groups is 5. The quantitative estimate of drug-likeness (QED) is 0.109. The van der Waals surface area contributed by atoms with Crippen LogP contribution in [-0.2, 0) is 47.8 Å². The lowest BCUT2D eigenvalue weighted by molar-refractivity contribution is -0.757. The van der Waals surface area contributed by atoms with Gasteiger partial charge in [-0.05, 0) is 68.9 Å². The minimum Gasteiger partial charge on any atom is -0.464 e. The predicted octanol–water partition coefficient (Wildman–Crippen LogP) is 2.69. The van der Waals surface area contributed by atoms with Crippen LogP contribution < -0.4 is 5.32 Å². The first-order chi connectivity index (χ1) is 23.7. The predicted molar refractivity (Wildman–Crippen MR) is 172 cm³/mol. The molecule has 4 fully saturated rings. The number of fused-ring (bicyclic) bond motifs is 7. The van der Waals surface area contributed by atoms with Gasteiger partial charge in [-0.2, -0.15) is 0 Å². The van der Waals surface area contributed by atoms with E-state index in [1.807, 2.05) is 19.9 Å². The second-order valence-corrected chi connectivity index (χ2v) is 14.6. The smallest absolute Gasteiger partial charge is 0.329 e. The Bertz CT molecular complexity index is 1440. The molecule has 0 bridgehead atoms. The number of amides is 1. The van der Waals surface area contributed by atoms with Crippen LogP contribution in [0.1, 0.15) is 85.5 Å². The number of carbonyl (C=O) groups excluding carboxylic acids is 5. The monoisotopic (exact) mass is 704 g/mol. The third-order valence-electron chi connectivity index (χ3n) is 11.6. The van der Waals surface area contributed by atoms with Crippen molar-refractivity contribution in [1.29, 1.82) is 0 Å². The van der Waals surface area contributed by atoms with Gasteiger partial charge in [0.15, 0.2) is 24.3 Å².